The number of allylic oxidation sites excluding steroid dienone is 1. The Kier molecular flexibility index (Phi) is 7.27. The molecule has 1 heterocycles. The SMILES string of the molecule is CCOC(=O)C1=C(C)N(Cc2ccc(C(=O)O)cc2)C(=O)N[C@@H]1c1ccccc1OC(F)F. The van der Waals surface area contributed by atoms with E-state index in [9.17, 15) is 23.2 Å². The number of carboxylic acids is 1. The van der Waals surface area contributed by atoms with Crippen LogP contribution in [-0.2, 0) is 16.1 Å². The molecule has 0 saturated carbocycles. The maximum atomic E-state index is 13.0. The first-order valence-electron chi connectivity index (χ1n) is 10.0. The van der Waals surface area contributed by atoms with Crippen LogP contribution in [0.2, 0.25) is 0 Å². The van der Waals surface area contributed by atoms with Crippen LogP contribution in [0.4, 0.5) is 13.6 Å². The lowest BCUT2D eigenvalue weighted by Crippen LogP contribution is -2.47. The van der Waals surface area contributed by atoms with Gasteiger partial charge in [0.1, 0.15) is 5.75 Å². The highest BCUT2D eigenvalue weighted by molar-refractivity contribution is 5.95. The summed E-state index contributed by atoms with van der Waals surface area (Å²) in [5.74, 6) is -1.96. The molecule has 0 aliphatic carbocycles. The maximum Gasteiger partial charge on any atom is 0.387 e. The molecule has 174 valence electrons. The Morgan fingerprint density at radius 2 is 1.82 bits per heavy atom. The molecule has 1 aliphatic rings. The maximum absolute atomic E-state index is 13.0. The number of aromatic carboxylic acids is 1. The lowest BCUT2D eigenvalue weighted by Gasteiger charge is -2.35. The van der Waals surface area contributed by atoms with Gasteiger partial charge in [0.05, 0.1) is 30.3 Å². The number of hydrogen-bond donors (Lipinski definition) is 2. The van der Waals surface area contributed by atoms with Gasteiger partial charge < -0.3 is 19.9 Å². The van der Waals surface area contributed by atoms with Gasteiger partial charge in [0.25, 0.3) is 0 Å². The molecular formula is C23H22F2N2O6. The number of halogens is 2. The molecule has 10 heteroatoms. The molecule has 0 bridgehead atoms. The summed E-state index contributed by atoms with van der Waals surface area (Å²) >= 11 is 0. The van der Waals surface area contributed by atoms with Crippen molar-refractivity contribution in [2.75, 3.05) is 6.61 Å². The zero-order valence-corrected chi connectivity index (χ0v) is 17.9. The van der Waals surface area contributed by atoms with Crippen LogP contribution in [-0.4, -0.2) is 41.2 Å². The highest BCUT2D eigenvalue weighted by Crippen LogP contribution is 2.36. The van der Waals surface area contributed by atoms with Crippen LogP contribution in [0.3, 0.4) is 0 Å². The monoisotopic (exact) mass is 460 g/mol. The van der Waals surface area contributed by atoms with Crippen molar-refractivity contribution in [2.24, 2.45) is 0 Å². The van der Waals surface area contributed by atoms with Crippen molar-refractivity contribution in [2.45, 2.75) is 33.0 Å². The Morgan fingerprint density at radius 3 is 2.42 bits per heavy atom. The second kappa shape index (κ2) is 10.1. The number of amides is 2. The third kappa shape index (κ3) is 5.28. The van der Waals surface area contributed by atoms with Gasteiger partial charge in [-0.2, -0.15) is 8.78 Å². The predicted molar refractivity (Wildman–Crippen MR) is 113 cm³/mol. The van der Waals surface area contributed by atoms with Gasteiger partial charge in [0.15, 0.2) is 0 Å². The van der Waals surface area contributed by atoms with Crippen molar-refractivity contribution in [3.8, 4) is 5.75 Å². The number of carbonyl (C=O) groups is 3. The van der Waals surface area contributed by atoms with Crippen molar-refractivity contribution in [1.29, 1.82) is 0 Å². The van der Waals surface area contributed by atoms with E-state index in [1.165, 1.54) is 35.2 Å². The highest BCUT2D eigenvalue weighted by Gasteiger charge is 2.38. The minimum absolute atomic E-state index is 0.0440. The number of nitrogens with one attached hydrogen (secondary N) is 1. The summed E-state index contributed by atoms with van der Waals surface area (Å²) < 4.78 is 35.6. The van der Waals surface area contributed by atoms with Crippen LogP contribution < -0.4 is 10.1 Å². The Hall–Kier alpha value is -3.95. The number of nitrogens with zero attached hydrogens (tertiary/aromatic N) is 1. The van der Waals surface area contributed by atoms with Crippen molar-refractivity contribution in [1.82, 2.24) is 10.2 Å². The van der Waals surface area contributed by atoms with Crippen LogP contribution in [0.5, 0.6) is 5.75 Å². The van der Waals surface area contributed by atoms with Crippen molar-refractivity contribution >= 4 is 18.0 Å². The minimum Gasteiger partial charge on any atom is -0.478 e. The number of urea groups is 1. The molecule has 0 aromatic heterocycles. The lowest BCUT2D eigenvalue weighted by atomic mass is 9.94. The van der Waals surface area contributed by atoms with Crippen molar-refractivity contribution in [3.63, 3.8) is 0 Å². The smallest absolute Gasteiger partial charge is 0.387 e. The first-order valence-corrected chi connectivity index (χ1v) is 10.0. The normalized spacial score (nSPS) is 16.0. The summed E-state index contributed by atoms with van der Waals surface area (Å²) in [5, 5.41) is 11.7. The summed E-state index contributed by atoms with van der Waals surface area (Å²) in [6.07, 6.45) is 0. The molecule has 1 atom stereocenters. The number of esters is 1. The first kappa shape index (κ1) is 23.7. The van der Waals surface area contributed by atoms with E-state index < -0.39 is 30.6 Å². The van der Waals surface area contributed by atoms with Crippen molar-refractivity contribution < 1.29 is 37.7 Å². The van der Waals surface area contributed by atoms with Crippen LogP contribution in [0, 0.1) is 0 Å². The first-order chi connectivity index (χ1) is 15.7. The minimum atomic E-state index is -3.09. The summed E-state index contributed by atoms with van der Waals surface area (Å²) in [4.78, 5) is 38.2. The molecule has 2 aromatic rings. The van der Waals surface area contributed by atoms with E-state index in [1.54, 1.807) is 32.0 Å². The Morgan fingerprint density at radius 1 is 1.15 bits per heavy atom. The number of carboxylic acid groups (broad SMARTS) is 1. The summed E-state index contributed by atoms with van der Waals surface area (Å²) in [7, 11) is 0. The molecule has 2 aromatic carbocycles. The van der Waals surface area contributed by atoms with Gasteiger partial charge >= 0.3 is 24.6 Å². The van der Waals surface area contributed by atoms with Gasteiger partial charge in [0, 0.05) is 11.3 Å². The zero-order valence-electron chi connectivity index (χ0n) is 17.9. The molecule has 0 spiro atoms. The number of ether oxygens (including phenoxy) is 2. The quantitative estimate of drug-likeness (QED) is 0.575. The predicted octanol–water partition coefficient (Wildman–Crippen LogP) is 4.09. The van der Waals surface area contributed by atoms with Gasteiger partial charge in [-0.05, 0) is 37.6 Å². The Labute approximate surface area is 188 Å². The van der Waals surface area contributed by atoms with Gasteiger partial charge in [0.2, 0.25) is 0 Å². The van der Waals surface area contributed by atoms with Crippen LogP contribution in [0.15, 0.2) is 59.8 Å². The van der Waals surface area contributed by atoms with Crippen LogP contribution >= 0.6 is 0 Å². The average molecular weight is 460 g/mol. The molecule has 8 nitrogen and oxygen atoms in total. The van der Waals surface area contributed by atoms with E-state index in [-0.39, 0.29) is 41.3 Å². The summed E-state index contributed by atoms with van der Waals surface area (Å²) in [5.41, 5.74) is 1.24. The topological polar surface area (TPSA) is 105 Å². The van der Waals surface area contributed by atoms with Gasteiger partial charge in [-0.1, -0.05) is 30.3 Å². The third-order valence-corrected chi connectivity index (χ3v) is 5.08. The molecule has 0 radical (unpaired) electrons. The van der Waals surface area contributed by atoms with Crippen LogP contribution in [0.1, 0.15) is 41.4 Å². The number of benzene rings is 2. The highest BCUT2D eigenvalue weighted by atomic mass is 19.3. The van der Waals surface area contributed by atoms with Gasteiger partial charge in [-0.15, -0.1) is 0 Å². The largest absolute Gasteiger partial charge is 0.478 e. The molecule has 2 amide bonds. The van der Waals surface area contributed by atoms with Crippen LogP contribution in [0.25, 0.3) is 0 Å². The molecule has 0 fully saturated rings. The Balaban J connectivity index is 2.03. The average Bonchev–Trinajstić information content (AvgIpc) is 2.76. The molecule has 2 N–H and O–H groups in total. The van der Waals surface area contributed by atoms with Gasteiger partial charge in [-0.3, -0.25) is 4.90 Å². The standard InChI is InChI=1S/C23H22F2N2O6/c1-3-32-21(30)18-13(2)27(12-14-8-10-15(11-9-14)20(28)29)23(31)26-19(18)16-6-4-5-7-17(16)33-22(24)25/h4-11,19,22H,3,12H2,1-2H3,(H,26,31)(H,28,29)/t19-/m1/s1. The second-order valence-electron chi connectivity index (χ2n) is 7.11. The number of rotatable bonds is 8. The summed E-state index contributed by atoms with van der Waals surface area (Å²) in [6.45, 7) is 0.205. The van der Waals surface area contributed by atoms with Gasteiger partial charge in [-0.25, -0.2) is 14.4 Å². The molecule has 1 aliphatic heterocycles. The Bertz CT molecular complexity index is 1080. The van der Waals surface area contributed by atoms with E-state index in [1.807, 2.05) is 0 Å². The molecule has 0 unspecified atom stereocenters. The number of hydrogen-bond acceptors (Lipinski definition) is 5. The number of alkyl halides is 2. The lowest BCUT2D eigenvalue weighted by molar-refractivity contribution is -0.139. The second-order valence-corrected chi connectivity index (χ2v) is 7.11. The van der Waals surface area contributed by atoms with E-state index in [2.05, 4.69) is 10.1 Å². The van der Waals surface area contributed by atoms with E-state index >= 15 is 0 Å². The molecular weight excluding hydrogens is 438 g/mol. The van der Waals surface area contributed by atoms with E-state index in [4.69, 9.17) is 9.84 Å². The fourth-order valence-electron chi connectivity index (χ4n) is 3.54. The van der Waals surface area contributed by atoms with E-state index in [0.717, 1.165) is 0 Å². The number of para-hydroxylation sites is 1. The molecule has 0 saturated heterocycles. The number of carbonyl (C=O) groups excluding carboxylic acids is 2. The summed E-state index contributed by atoms with van der Waals surface area (Å²) in [6, 6.07) is 10.2. The fourth-order valence-corrected chi connectivity index (χ4v) is 3.54. The zero-order chi connectivity index (χ0) is 24.1. The third-order valence-electron chi connectivity index (χ3n) is 5.08. The fraction of sp³-hybridized carbons (Fsp3) is 0.261. The van der Waals surface area contributed by atoms with E-state index in [0.29, 0.717) is 5.56 Å². The molecule has 3 rings (SSSR count). The van der Waals surface area contributed by atoms with Crippen molar-refractivity contribution in [3.05, 3.63) is 76.5 Å². The molecule has 33 heavy (non-hydrogen) atoms.